The van der Waals surface area contributed by atoms with Crippen LogP contribution in [0, 0.1) is 5.82 Å². The van der Waals surface area contributed by atoms with Gasteiger partial charge in [-0.25, -0.2) is 14.4 Å². The maximum absolute atomic E-state index is 12.5. The normalized spacial score (nSPS) is 11.5. The van der Waals surface area contributed by atoms with Crippen molar-refractivity contribution in [3.05, 3.63) is 95.8 Å². The van der Waals surface area contributed by atoms with Crippen molar-refractivity contribution >= 4 is 0 Å². The fraction of sp³-hybridized carbons (Fsp3) is 0.429. The van der Waals surface area contributed by atoms with Crippen LogP contribution in [0.4, 0.5) is 4.39 Å². The molecule has 2 aromatic carbocycles. The second kappa shape index (κ2) is 11.2. The van der Waals surface area contributed by atoms with Crippen LogP contribution >= 0.6 is 0 Å². The minimum Gasteiger partial charge on any atom is -0.241 e. The second-order valence-corrected chi connectivity index (χ2v) is 10.7. The summed E-state index contributed by atoms with van der Waals surface area (Å²) in [5, 5.41) is 0. The lowest BCUT2D eigenvalue weighted by atomic mass is 9.87. The maximum atomic E-state index is 12.5. The fourth-order valence-corrected chi connectivity index (χ4v) is 2.57. The molecule has 0 unspecified atom stereocenters. The third kappa shape index (κ3) is 10.3. The molecule has 0 aliphatic rings. The van der Waals surface area contributed by atoms with Crippen LogP contribution in [0.1, 0.15) is 79.3 Å². The molecule has 0 spiro atoms. The molecule has 0 fully saturated rings. The Morgan fingerprint density at radius 1 is 0.516 bits per heavy atom. The minimum atomic E-state index is -0.169. The van der Waals surface area contributed by atoms with E-state index in [2.05, 4.69) is 103 Å². The molecule has 1 heterocycles. The Labute approximate surface area is 189 Å². The van der Waals surface area contributed by atoms with E-state index in [0.717, 1.165) is 5.82 Å². The average Bonchev–Trinajstić information content (AvgIpc) is 2.69. The summed E-state index contributed by atoms with van der Waals surface area (Å²) in [4.78, 5) is 8.28. The highest BCUT2D eigenvalue weighted by Gasteiger charge is 2.15. The summed E-state index contributed by atoms with van der Waals surface area (Å²) < 4.78 is 12.5. The zero-order valence-corrected chi connectivity index (χ0v) is 20.7. The number of nitrogens with zero attached hydrogens (tertiary/aromatic N) is 2. The Bertz CT molecular complexity index is 817. The second-order valence-electron chi connectivity index (χ2n) is 10.7. The van der Waals surface area contributed by atoms with Gasteiger partial charge in [-0.1, -0.05) is 105 Å². The number of hydrogen-bond acceptors (Lipinski definition) is 2. The van der Waals surface area contributed by atoms with Crippen molar-refractivity contribution in [3.63, 3.8) is 0 Å². The molecule has 0 saturated heterocycles. The lowest BCUT2D eigenvalue weighted by molar-refractivity contribution is 0.545. The van der Waals surface area contributed by atoms with E-state index >= 15 is 0 Å². The highest BCUT2D eigenvalue weighted by Crippen LogP contribution is 2.22. The van der Waals surface area contributed by atoms with Crippen molar-refractivity contribution in [2.24, 2.45) is 0 Å². The van der Waals surface area contributed by atoms with Gasteiger partial charge in [0.25, 0.3) is 0 Å². The molecule has 0 amide bonds. The van der Waals surface area contributed by atoms with Crippen molar-refractivity contribution in [2.45, 2.75) is 78.6 Å². The van der Waals surface area contributed by atoms with Crippen LogP contribution in [0.15, 0.2) is 73.1 Å². The zero-order chi connectivity index (χ0) is 23.7. The van der Waals surface area contributed by atoms with Crippen molar-refractivity contribution in [1.29, 1.82) is 0 Å². The molecule has 0 bridgehead atoms. The standard InChI is InChI=1S/C10H13F.C10H14.C8H12N2/c1-10(2,3)8-4-6-9(11)7-5-8;1-10(2,3)9-7-5-4-6-8-9;1-8(2,3)7-9-5-4-6-10-7/h4-7H,1-3H3;4-8H,1-3H3;4-6H,1-3H3. The van der Waals surface area contributed by atoms with Crippen molar-refractivity contribution in [3.8, 4) is 0 Å². The molecule has 168 valence electrons. The van der Waals surface area contributed by atoms with Gasteiger partial charge in [-0.15, -0.1) is 0 Å². The summed E-state index contributed by atoms with van der Waals surface area (Å²) in [6, 6.07) is 19.0. The molecule has 0 saturated carbocycles. The molecule has 3 rings (SSSR count). The van der Waals surface area contributed by atoms with Gasteiger partial charge in [0.15, 0.2) is 0 Å². The first-order valence-corrected chi connectivity index (χ1v) is 10.8. The average molecular weight is 423 g/mol. The molecule has 0 N–H and O–H groups in total. The Balaban J connectivity index is 0.000000233. The topological polar surface area (TPSA) is 25.8 Å². The monoisotopic (exact) mass is 422 g/mol. The predicted molar refractivity (Wildman–Crippen MR) is 131 cm³/mol. The molecule has 1 aromatic heterocycles. The van der Waals surface area contributed by atoms with Gasteiger partial charge in [-0.2, -0.15) is 0 Å². The van der Waals surface area contributed by atoms with E-state index < -0.39 is 0 Å². The lowest BCUT2D eigenvalue weighted by Crippen LogP contribution is -2.14. The van der Waals surface area contributed by atoms with E-state index in [1.165, 1.54) is 23.3 Å². The molecule has 0 atom stereocenters. The van der Waals surface area contributed by atoms with E-state index in [-0.39, 0.29) is 16.6 Å². The fourth-order valence-electron chi connectivity index (χ4n) is 2.57. The predicted octanol–water partition coefficient (Wildman–Crippen LogP) is 7.88. The molecular weight excluding hydrogens is 383 g/mol. The van der Waals surface area contributed by atoms with Crippen LogP contribution in [-0.4, -0.2) is 9.97 Å². The third-order valence-corrected chi connectivity index (χ3v) is 4.59. The van der Waals surface area contributed by atoms with E-state index in [1.807, 2.05) is 18.2 Å². The van der Waals surface area contributed by atoms with E-state index in [0.29, 0.717) is 5.41 Å². The van der Waals surface area contributed by atoms with Crippen LogP contribution in [-0.2, 0) is 16.2 Å². The van der Waals surface area contributed by atoms with E-state index in [4.69, 9.17) is 0 Å². The van der Waals surface area contributed by atoms with Crippen LogP contribution in [0.25, 0.3) is 0 Å². The number of aromatic nitrogens is 2. The minimum absolute atomic E-state index is 0.0707. The van der Waals surface area contributed by atoms with E-state index in [9.17, 15) is 4.39 Å². The number of hydrogen-bond donors (Lipinski definition) is 0. The first-order valence-electron chi connectivity index (χ1n) is 10.8. The van der Waals surface area contributed by atoms with Gasteiger partial charge in [-0.3, -0.25) is 0 Å². The zero-order valence-electron chi connectivity index (χ0n) is 20.7. The summed E-state index contributed by atoms with van der Waals surface area (Å²) in [7, 11) is 0. The number of rotatable bonds is 0. The molecular formula is C28H39FN2. The van der Waals surface area contributed by atoms with Crippen molar-refractivity contribution in [2.75, 3.05) is 0 Å². The van der Waals surface area contributed by atoms with Crippen LogP contribution in [0.3, 0.4) is 0 Å². The highest BCUT2D eigenvalue weighted by atomic mass is 19.1. The largest absolute Gasteiger partial charge is 0.241 e. The van der Waals surface area contributed by atoms with Gasteiger partial charge in [0.1, 0.15) is 11.6 Å². The van der Waals surface area contributed by atoms with Crippen LogP contribution < -0.4 is 0 Å². The Hall–Kier alpha value is -2.55. The van der Waals surface area contributed by atoms with Crippen LogP contribution in [0.5, 0.6) is 0 Å². The van der Waals surface area contributed by atoms with Gasteiger partial charge in [-0.05, 0) is 40.2 Å². The first-order chi connectivity index (χ1) is 14.2. The molecule has 0 aliphatic heterocycles. The van der Waals surface area contributed by atoms with Gasteiger partial charge in [0.2, 0.25) is 0 Å². The summed E-state index contributed by atoms with van der Waals surface area (Å²) >= 11 is 0. The summed E-state index contributed by atoms with van der Waals surface area (Å²) in [5.74, 6) is 0.730. The third-order valence-electron chi connectivity index (χ3n) is 4.59. The van der Waals surface area contributed by atoms with Gasteiger partial charge in [0, 0.05) is 17.8 Å². The SMILES string of the molecule is CC(C)(C)c1ccc(F)cc1.CC(C)(C)c1ccccc1.CC(C)(C)c1ncccn1. The lowest BCUT2D eigenvalue weighted by Gasteiger charge is -2.18. The summed E-state index contributed by atoms with van der Waals surface area (Å²) in [6.45, 7) is 19.3. The Morgan fingerprint density at radius 2 is 0.935 bits per heavy atom. The maximum Gasteiger partial charge on any atom is 0.133 e. The smallest absolute Gasteiger partial charge is 0.133 e. The van der Waals surface area contributed by atoms with Crippen molar-refractivity contribution < 1.29 is 4.39 Å². The van der Waals surface area contributed by atoms with Gasteiger partial charge in [0.05, 0.1) is 0 Å². The van der Waals surface area contributed by atoms with Crippen LogP contribution in [0.2, 0.25) is 0 Å². The van der Waals surface area contributed by atoms with Gasteiger partial charge >= 0.3 is 0 Å². The number of halogens is 1. The quantitative estimate of drug-likeness (QED) is 0.368. The molecule has 0 aliphatic carbocycles. The first kappa shape index (κ1) is 26.5. The highest BCUT2D eigenvalue weighted by molar-refractivity contribution is 5.23. The molecule has 3 heteroatoms. The van der Waals surface area contributed by atoms with Gasteiger partial charge < -0.3 is 0 Å². The molecule has 31 heavy (non-hydrogen) atoms. The molecule has 3 aromatic rings. The molecule has 0 radical (unpaired) electrons. The Morgan fingerprint density at radius 3 is 1.26 bits per heavy atom. The van der Waals surface area contributed by atoms with E-state index in [1.54, 1.807) is 12.4 Å². The van der Waals surface area contributed by atoms with Crippen molar-refractivity contribution in [1.82, 2.24) is 9.97 Å². The molecule has 2 nitrogen and oxygen atoms in total. The summed E-state index contributed by atoms with van der Waals surface area (Å²) in [5.41, 5.74) is 3.05. The summed E-state index contributed by atoms with van der Waals surface area (Å²) in [6.07, 6.45) is 3.54. The Kier molecular flexibility index (Phi) is 9.55. The number of benzene rings is 2.